The first-order chi connectivity index (χ1) is 9.44. The Kier molecular flexibility index (Phi) is 15.3. The van der Waals surface area contributed by atoms with E-state index in [1.807, 2.05) is 6.92 Å². The van der Waals surface area contributed by atoms with Crippen LogP contribution in [-0.2, 0) is 0 Å². The van der Waals surface area contributed by atoms with Crippen LogP contribution in [0.15, 0.2) is 0 Å². The van der Waals surface area contributed by atoms with Gasteiger partial charge in [-0.05, 0) is 42.9 Å². The molecule has 0 heterocycles. The quantitative estimate of drug-likeness (QED) is 0.497. The van der Waals surface area contributed by atoms with E-state index >= 15 is 0 Å². The van der Waals surface area contributed by atoms with E-state index in [2.05, 4.69) is 20.8 Å². The summed E-state index contributed by atoms with van der Waals surface area (Å²) in [7, 11) is 0. The number of aliphatic hydroxyl groups excluding tert-OH is 4. The van der Waals surface area contributed by atoms with Gasteiger partial charge in [-0.25, -0.2) is 0 Å². The van der Waals surface area contributed by atoms with Gasteiger partial charge in [-0.1, -0.05) is 34.1 Å². The number of rotatable bonds is 10. The molecule has 0 saturated heterocycles. The molecule has 4 nitrogen and oxygen atoms in total. The molecule has 0 fully saturated rings. The van der Waals surface area contributed by atoms with E-state index < -0.39 is 0 Å². The van der Waals surface area contributed by atoms with Gasteiger partial charge in [-0.15, -0.1) is 0 Å². The third-order valence-corrected chi connectivity index (χ3v) is 4.32. The van der Waals surface area contributed by atoms with Gasteiger partial charge in [-0.3, -0.25) is 0 Å². The Labute approximate surface area is 124 Å². The van der Waals surface area contributed by atoms with Crippen molar-refractivity contribution in [2.24, 2.45) is 17.3 Å². The van der Waals surface area contributed by atoms with E-state index in [9.17, 15) is 0 Å². The molecule has 0 amide bonds. The highest BCUT2D eigenvalue weighted by Gasteiger charge is 2.19. The van der Waals surface area contributed by atoms with Crippen LogP contribution in [-0.4, -0.2) is 46.9 Å². The Morgan fingerprint density at radius 1 is 1.00 bits per heavy atom. The molecule has 0 aromatic rings. The average Bonchev–Trinajstić information content (AvgIpc) is 2.47. The SMILES string of the molecule is CCC(C)(CO)CCCO.CCC(CO)C(C)CCO. The summed E-state index contributed by atoms with van der Waals surface area (Å²) in [6.07, 6.45) is 4.49. The van der Waals surface area contributed by atoms with Crippen LogP contribution in [0.5, 0.6) is 0 Å². The lowest BCUT2D eigenvalue weighted by Gasteiger charge is -2.24. The molecular formula is C16H36O4. The van der Waals surface area contributed by atoms with Crippen molar-refractivity contribution in [3.05, 3.63) is 0 Å². The molecule has 0 aromatic heterocycles. The van der Waals surface area contributed by atoms with Crippen molar-refractivity contribution in [3.63, 3.8) is 0 Å². The lowest BCUT2D eigenvalue weighted by molar-refractivity contribution is 0.117. The zero-order valence-corrected chi connectivity index (χ0v) is 13.8. The predicted molar refractivity (Wildman–Crippen MR) is 83.5 cm³/mol. The van der Waals surface area contributed by atoms with Crippen LogP contribution in [0.1, 0.15) is 59.8 Å². The molecule has 3 unspecified atom stereocenters. The molecule has 20 heavy (non-hydrogen) atoms. The van der Waals surface area contributed by atoms with E-state index in [4.69, 9.17) is 20.4 Å². The van der Waals surface area contributed by atoms with E-state index in [1.165, 1.54) is 0 Å². The van der Waals surface area contributed by atoms with Crippen LogP contribution in [0.25, 0.3) is 0 Å². The van der Waals surface area contributed by atoms with E-state index in [1.54, 1.807) is 0 Å². The third-order valence-electron chi connectivity index (χ3n) is 4.32. The molecule has 0 bridgehead atoms. The third kappa shape index (κ3) is 10.6. The minimum absolute atomic E-state index is 0.0305. The zero-order chi connectivity index (χ0) is 16.0. The summed E-state index contributed by atoms with van der Waals surface area (Å²) in [5.74, 6) is 0.812. The van der Waals surface area contributed by atoms with E-state index in [-0.39, 0.29) is 31.8 Å². The second-order valence-corrected chi connectivity index (χ2v) is 5.99. The molecule has 124 valence electrons. The molecule has 4 N–H and O–H groups in total. The lowest BCUT2D eigenvalue weighted by atomic mass is 9.84. The maximum Gasteiger partial charge on any atom is 0.0484 e. The summed E-state index contributed by atoms with van der Waals surface area (Å²) in [6, 6.07) is 0. The first kappa shape index (κ1) is 22.1. The summed E-state index contributed by atoms with van der Waals surface area (Å²) in [6.45, 7) is 9.18. The van der Waals surface area contributed by atoms with Gasteiger partial charge in [0.05, 0.1) is 0 Å². The molecule has 0 spiro atoms. The maximum atomic E-state index is 8.93. The molecule has 0 aliphatic heterocycles. The van der Waals surface area contributed by atoms with Crippen molar-refractivity contribution in [1.82, 2.24) is 0 Å². The van der Waals surface area contributed by atoms with Crippen LogP contribution in [0.2, 0.25) is 0 Å². The van der Waals surface area contributed by atoms with Gasteiger partial charge in [0, 0.05) is 26.4 Å². The minimum atomic E-state index is 0.0305. The normalized spacial score (nSPS) is 16.8. The monoisotopic (exact) mass is 292 g/mol. The Bertz CT molecular complexity index is 189. The van der Waals surface area contributed by atoms with Gasteiger partial charge >= 0.3 is 0 Å². The zero-order valence-electron chi connectivity index (χ0n) is 13.8. The summed E-state index contributed by atoms with van der Waals surface area (Å²) in [5.41, 5.74) is 0.0305. The fourth-order valence-corrected chi connectivity index (χ4v) is 2.02. The topological polar surface area (TPSA) is 80.9 Å². The predicted octanol–water partition coefficient (Wildman–Crippen LogP) is 2.19. The smallest absolute Gasteiger partial charge is 0.0484 e. The Morgan fingerprint density at radius 2 is 1.60 bits per heavy atom. The van der Waals surface area contributed by atoms with E-state index in [0.29, 0.717) is 11.8 Å². The number of hydrogen-bond donors (Lipinski definition) is 4. The van der Waals surface area contributed by atoms with Gasteiger partial charge in [0.25, 0.3) is 0 Å². The Balaban J connectivity index is 0. The average molecular weight is 292 g/mol. The van der Waals surface area contributed by atoms with Crippen molar-refractivity contribution in [1.29, 1.82) is 0 Å². The highest BCUT2D eigenvalue weighted by molar-refractivity contribution is 4.70. The first-order valence-electron chi connectivity index (χ1n) is 7.88. The molecule has 0 saturated carbocycles. The van der Waals surface area contributed by atoms with Gasteiger partial charge in [0.2, 0.25) is 0 Å². The molecule has 0 aliphatic rings. The van der Waals surface area contributed by atoms with E-state index in [0.717, 1.165) is 32.1 Å². The summed E-state index contributed by atoms with van der Waals surface area (Å²) in [5, 5.41) is 34.9. The van der Waals surface area contributed by atoms with Gasteiger partial charge in [0.15, 0.2) is 0 Å². The largest absolute Gasteiger partial charge is 0.396 e. The fraction of sp³-hybridized carbons (Fsp3) is 1.00. The van der Waals surface area contributed by atoms with Gasteiger partial charge in [-0.2, -0.15) is 0 Å². The standard InChI is InChI=1S/2C8H18O2/c1-3-8(6-10)7(2)4-5-9;1-3-8(2,7-10)5-4-6-9/h7-10H,3-6H2,1-2H3;9-10H,3-7H2,1-2H3. The molecule has 4 heteroatoms. The summed E-state index contributed by atoms with van der Waals surface area (Å²) >= 11 is 0. The van der Waals surface area contributed by atoms with Crippen molar-refractivity contribution < 1.29 is 20.4 Å². The summed E-state index contributed by atoms with van der Waals surface area (Å²) in [4.78, 5) is 0. The number of hydrogen-bond acceptors (Lipinski definition) is 4. The first-order valence-corrected chi connectivity index (χ1v) is 7.88. The van der Waals surface area contributed by atoms with Crippen molar-refractivity contribution in [3.8, 4) is 0 Å². The van der Waals surface area contributed by atoms with Crippen LogP contribution in [0, 0.1) is 17.3 Å². The van der Waals surface area contributed by atoms with Crippen molar-refractivity contribution >= 4 is 0 Å². The van der Waals surface area contributed by atoms with Crippen LogP contribution in [0.4, 0.5) is 0 Å². The van der Waals surface area contributed by atoms with Crippen LogP contribution < -0.4 is 0 Å². The fourth-order valence-electron chi connectivity index (χ4n) is 2.02. The molecule has 3 atom stereocenters. The molecule has 0 radical (unpaired) electrons. The molecule has 0 aromatic carbocycles. The second kappa shape index (κ2) is 13.8. The van der Waals surface area contributed by atoms with Gasteiger partial charge < -0.3 is 20.4 Å². The Morgan fingerprint density at radius 3 is 1.90 bits per heavy atom. The van der Waals surface area contributed by atoms with Crippen molar-refractivity contribution in [2.45, 2.75) is 59.8 Å². The van der Waals surface area contributed by atoms with Crippen LogP contribution in [0.3, 0.4) is 0 Å². The molecular weight excluding hydrogens is 256 g/mol. The highest BCUT2D eigenvalue weighted by atomic mass is 16.3. The summed E-state index contributed by atoms with van der Waals surface area (Å²) < 4.78 is 0. The van der Waals surface area contributed by atoms with Crippen molar-refractivity contribution in [2.75, 3.05) is 26.4 Å². The van der Waals surface area contributed by atoms with Gasteiger partial charge in [0.1, 0.15) is 0 Å². The van der Waals surface area contributed by atoms with Crippen LogP contribution >= 0.6 is 0 Å². The second-order valence-electron chi connectivity index (χ2n) is 5.99. The lowest BCUT2D eigenvalue weighted by Crippen LogP contribution is -2.20. The molecule has 0 aliphatic carbocycles. The highest BCUT2D eigenvalue weighted by Crippen LogP contribution is 2.25. The number of aliphatic hydroxyl groups is 4. The molecule has 0 rings (SSSR count). The Hall–Kier alpha value is -0.160. The minimum Gasteiger partial charge on any atom is -0.396 e. The maximum absolute atomic E-state index is 8.93.